The van der Waals surface area contributed by atoms with Gasteiger partial charge in [0.2, 0.25) is 0 Å². The van der Waals surface area contributed by atoms with Crippen molar-refractivity contribution < 1.29 is 0 Å². The minimum absolute atomic E-state index is 0.912. The van der Waals surface area contributed by atoms with E-state index in [1.165, 1.54) is 22.0 Å². The highest BCUT2D eigenvalue weighted by atomic mass is 79.9. The lowest BCUT2D eigenvalue weighted by molar-refractivity contribution is 0.931. The van der Waals surface area contributed by atoms with Crippen molar-refractivity contribution in [3.8, 4) is 0 Å². The van der Waals surface area contributed by atoms with Crippen LogP contribution in [0.2, 0.25) is 0 Å². The van der Waals surface area contributed by atoms with Crippen LogP contribution in [0.4, 0.5) is 0 Å². The summed E-state index contributed by atoms with van der Waals surface area (Å²) in [5, 5.41) is 1.98. The van der Waals surface area contributed by atoms with Crippen LogP contribution in [0, 0.1) is 0 Å². The highest BCUT2D eigenvalue weighted by molar-refractivity contribution is 9.10. The van der Waals surface area contributed by atoms with Crippen LogP contribution in [0.5, 0.6) is 0 Å². The van der Waals surface area contributed by atoms with Crippen LogP contribution in [0.15, 0.2) is 22.7 Å². The van der Waals surface area contributed by atoms with Crippen molar-refractivity contribution >= 4 is 47.8 Å². The summed E-state index contributed by atoms with van der Waals surface area (Å²) in [6.07, 6.45) is 2.32. The van der Waals surface area contributed by atoms with Gasteiger partial charge in [0, 0.05) is 15.1 Å². The largest absolute Gasteiger partial charge is 0.0928 e. The van der Waals surface area contributed by atoms with E-state index in [4.69, 9.17) is 0 Å². The molecule has 0 unspecified atom stereocenters. The zero-order chi connectivity index (χ0) is 9.68. The smallest absolute Gasteiger partial charge is 0.0294 e. The molecule has 0 aliphatic carbocycles. The van der Waals surface area contributed by atoms with Gasteiger partial charge in [-0.2, -0.15) is 0 Å². The Labute approximate surface area is 104 Å². The Morgan fingerprint density at radius 3 is 2.38 bits per heavy atom. The van der Waals surface area contributed by atoms with Crippen LogP contribution >= 0.6 is 47.8 Å². The van der Waals surface area contributed by atoms with E-state index >= 15 is 0 Å². The van der Waals surface area contributed by atoms with Gasteiger partial charge in [0.15, 0.2) is 0 Å². The minimum Gasteiger partial charge on any atom is -0.0928 e. The summed E-state index contributed by atoms with van der Waals surface area (Å²) >= 11 is 10.5. The molecule has 0 N–H and O–H groups in total. The molecule has 0 radical (unpaired) electrons. The number of rotatable bonds is 4. The van der Waals surface area contributed by atoms with Crippen LogP contribution < -0.4 is 0 Å². The van der Waals surface area contributed by atoms with E-state index in [-0.39, 0.29) is 0 Å². The number of aryl methyl sites for hydroxylation is 1. The fourth-order valence-corrected chi connectivity index (χ4v) is 2.91. The lowest BCUT2D eigenvalue weighted by atomic mass is 10.1. The van der Waals surface area contributed by atoms with Crippen LogP contribution in [-0.2, 0) is 11.8 Å². The molecule has 0 aromatic heterocycles. The predicted octanol–water partition coefficient (Wildman–Crippen LogP) is 4.67. The van der Waals surface area contributed by atoms with E-state index in [9.17, 15) is 0 Å². The van der Waals surface area contributed by atoms with Gasteiger partial charge in [-0.15, -0.1) is 0 Å². The average Bonchev–Trinajstić information content (AvgIpc) is 2.16. The van der Waals surface area contributed by atoms with Crippen molar-refractivity contribution in [2.24, 2.45) is 0 Å². The topological polar surface area (TPSA) is 0 Å². The predicted molar refractivity (Wildman–Crippen MR) is 68.9 cm³/mol. The summed E-state index contributed by atoms with van der Waals surface area (Å²) < 4.78 is 1.26. The van der Waals surface area contributed by atoms with E-state index < -0.39 is 0 Å². The molecule has 0 aliphatic rings. The molecule has 1 aromatic rings. The second-order valence-corrected chi connectivity index (χ2v) is 4.96. The third-order valence-electron chi connectivity index (χ3n) is 1.88. The molecule has 0 fully saturated rings. The van der Waals surface area contributed by atoms with E-state index in [0.717, 1.165) is 17.1 Å². The molecular weight excluding hydrogens is 360 g/mol. The van der Waals surface area contributed by atoms with E-state index in [2.05, 4.69) is 66.0 Å². The summed E-state index contributed by atoms with van der Waals surface area (Å²) in [5.74, 6) is 0. The zero-order valence-corrected chi connectivity index (χ0v) is 12.0. The fraction of sp³-hybridized carbons (Fsp3) is 0.400. The van der Waals surface area contributed by atoms with Gasteiger partial charge in [0.25, 0.3) is 0 Å². The van der Waals surface area contributed by atoms with E-state index in [0.29, 0.717) is 0 Å². The third-order valence-corrected chi connectivity index (χ3v) is 4.07. The molecule has 0 spiro atoms. The van der Waals surface area contributed by atoms with Crippen LogP contribution in [0.25, 0.3) is 0 Å². The van der Waals surface area contributed by atoms with Gasteiger partial charge < -0.3 is 0 Å². The molecule has 3 heteroatoms. The Morgan fingerprint density at radius 1 is 1.08 bits per heavy atom. The monoisotopic (exact) mass is 368 g/mol. The van der Waals surface area contributed by atoms with Gasteiger partial charge in [0.1, 0.15) is 0 Å². The molecule has 1 rings (SSSR count). The van der Waals surface area contributed by atoms with Crippen molar-refractivity contribution in [1.29, 1.82) is 0 Å². The van der Waals surface area contributed by atoms with E-state index in [1.54, 1.807) is 0 Å². The zero-order valence-electron chi connectivity index (χ0n) is 7.19. The second kappa shape index (κ2) is 6.20. The number of hydrogen-bond acceptors (Lipinski definition) is 0. The lowest BCUT2D eigenvalue weighted by Gasteiger charge is -2.06. The third kappa shape index (κ3) is 3.37. The molecule has 0 saturated carbocycles. The Bertz CT molecular complexity index is 271. The summed E-state index contributed by atoms with van der Waals surface area (Å²) in [7, 11) is 0. The summed E-state index contributed by atoms with van der Waals surface area (Å²) in [5.41, 5.74) is 2.73. The number of alkyl halides is 2. The Morgan fingerprint density at radius 2 is 1.77 bits per heavy atom. The minimum atomic E-state index is 0.912. The molecular formula is C10H11Br3. The van der Waals surface area contributed by atoms with Crippen molar-refractivity contribution in [2.75, 3.05) is 5.33 Å². The SMILES string of the molecule is BrCCCc1cccc(CBr)c1Br. The Kier molecular flexibility index (Phi) is 5.60. The van der Waals surface area contributed by atoms with Gasteiger partial charge in [0.05, 0.1) is 0 Å². The number of halogens is 3. The summed E-state index contributed by atoms with van der Waals surface area (Å²) in [6, 6.07) is 6.43. The number of hydrogen-bond donors (Lipinski definition) is 0. The second-order valence-electron chi connectivity index (χ2n) is 2.82. The molecule has 0 bridgehead atoms. The lowest BCUT2D eigenvalue weighted by Crippen LogP contribution is -1.91. The van der Waals surface area contributed by atoms with Gasteiger partial charge in [-0.1, -0.05) is 66.0 Å². The molecule has 1 aromatic carbocycles. The normalized spacial score (nSPS) is 10.4. The van der Waals surface area contributed by atoms with Crippen molar-refractivity contribution in [3.63, 3.8) is 0 Å². The van der Waals surface area contributed by atoms with Crippen LogP contribution in [-0.4, -0.2) is 5.33 Å². The van der Waals surface area contributed by atoms with Gasteiger partial charge >= 0.3 is 0 Å². The molecule has 0 atom stereocenters. The highest BCUT2D eigenvalue weighted by Gasteiger charge is 2.03. The van der Waals surface area contributed by atoms with E-state index in [1.807, 2.05) is 0 Å². The summed E-state index contributed by atoms with van der Waals surface area (Å²) in [4.78, 5) is 0. The first-order chi connectivity index (χ1) is 6.29. The molecule has 0 nitrogen and oxygen atoms in total. The maximum atomic E-state index is 3.63. The molecule has 0 saturated heterocycles. The standard InChI is InChI=1S/C10H11Br3/c11-6-2-5-8-3-1-4-9(7-12)10(8)13/h1,3-4H,2,5-7H2. The van der Waals surface area contributed by atoms with Gasteiger partial charge in [-0.25, -0.2) is 0 Å². The highest BCUT2D eigenvalue weighted by Crippen LogP contribution is 2.24. The van der Waals surface area contributed by atoms with Crippen molar-refractivity contribution in [1.82, 2.24) is 0 Å². The number of benzene rings is 1. The fourth-order valence-electron chi connectivity index (χ4n) is 1.19. The molecule has 0 amide bonds. The summed E-state index contributed by atoms with van der Waals surface area (Å²) in [6.45, 7) is 0. The van der Waals surface area contributed by atoms with Gasteiger partial charge in [-0.05, 0) is 24.0 Å². The first-order valence-electron chi connectivity index (χ1n) is 4.17. The molecule has 0 heterocycles. The quantitative estimate of drug-likeness (QED) is 0.675. The van der Waals surface area contributed by atoms with Gasteiger partial charge in [-0.3, -0.25) is 0 Å². The maximum Gasteiger partial charge on any atom is 0.0294 e. The maximum absolute atomic E-state index is 3.63. The average molecular weight is 371 g/mol. The first-order valence-corrected chi connectivity index (χ1v) is 7.21. The van der Waals surface area contributed by atoms with Crippen molar-refractivity contribution in [3.05, 3.63) is 33.8 Å². The molecule has 0 aliphatic heterocycles. The Balaban J connectivity index is 2.81. The van der Waals surface area contributed by atoms with Crippen LogP contribution in [0.3, 0.4) is 0 Å². The first kappa shape index (κ1) is 11.7. The molecule has 13 heavy (non-hydrogen) atoms. The van der Waals surface area contributed by atoms with Crippen molar-refractivity contribution in [2.45, 2.75) is 18.2 Å². The molecule has 72 valence electrons. The Hall–Kier alpha value is 0.660. The van der Waals surface area contributed by atoms with Crippen LogP contribution in [0.1, 0.15) is 17.5 Å².